The lowest BCUT2D eigenvalue weighted by molar-refractivity contribution is -0.149. The number of aliphatic carboxylic acids is 2. The molecule has 0 radical (unpaired) electrons. The average molecular weight is 433 g/mol. The van der Waals surface area contributed by atoms with E-state index >= 15 is 0 Å². The summed E-state index contributed by atoms with van der Waals surface area (Å²) in [6.07, 6.45) is 3.53. The van der Waals surface area contributed by atoms with Gasteiger partial charge in [0.25, 0.3) is 0 Å². The summed E-state index contributed by atoms with van der Waals surface area (Å²) in [6.45, 7) is 3.24. The molecule has 3 atom stereocenters. The second-order valence-electron chi connectivity index (χ2n) is 8.62. The van der Waals surface area contributed by atoms with Crippen molar-refractivity contribution in [3.8, 4) is 0 Å². The minimum atomic E-state index is -0.977. The molecule has 0 bridgehead atoms. The SMILES string of the molecule is O=C(O)C[C@H]1CNC[C@@H](CC(=O)OCc2ccc(N3CCCCC3)cc2)[C@@H]1CC(=O)O. The molecule has 170 valence electrons. The van der Waals surface area contributed by atoms with E-state index in [9.17, 15) is 19.5 Å². The number of nitrogens with one attached hydrogen (secondary N) is 1. The van der Waals surface area contributed by atoms with Crippen molar-refractivity contribution in [3.05, 3.63) is 29.8 Å². The zero-order chi connectivity index (χ0) is 22.2. The van der Waals surface area contributed by atoms with Crippen LogP contribution in [0.15, 0.2) is 24.3 Å². The number of hydrogen-bond acceptors (Lipinski definition) is 6. The third kappa shape index (κ3) is 6.95. The molecule has 3 N–H and O–H groups in total. The predicted octanol–water partition coefficient (Wildman–Crippen LogP) is 2.51. The van der Waals surface area contributed by atoms with E-state index in [1.165, 1.54) is 24.9 Å². The zero-order valence-corrected chi connectivity index (χ0v) is 17.8. The molecule has 31 heavy (non-hydrogen) atoms. The number of anilines is 1. The van der Waals surface area contributed by atoms with Gasteiger partial charge in [0.1, 0.15) is 6.61 Å². The second-order valence-corrected chi connectivity index (χ2v) is 8.62. The van der Waals surface area contributed by atoms with E-state index in [1.807, 2.05) is 12.1 Å². The predicted molar refractivity (Wildman–Crippen MR) is 115 cm³/mol. The van der Waals surface area contributed by atoms with E-state index < -0.39 is 17.9 Å². The highest BCUT2D eigenvalue weighted by molar-refractivity contribution is 5.71. The van der Waals surface area contributed by atoms with Crippen molar-refractivity contribution in [2.24, 2.45) is 17.8 Å². The lowest BCUT2D eigenvalue weighted by atomic mass is 9.73. The number of benzene rings is 1. The maximum absolute atomic E-state index is 12.4. The Morgan fingerprint density at radius 1 is 0.903 bits per heavy atom. The number of nitrogens with zero attached hydrogens (tertiary/aromatic N) is 1. The Balaban J connectivity index is 1.52. The van der Waals surface area contributed by atoms with Gasteiger partial charge in [-0.15, -0.1) is 0 Å². The molecular weight excluding hydrogens is 400 g/mol. The second kappa shape index (κ2) is 11.1. The van der Waals surface area contributed by atoms with Crippen LogP contribution in [-0.4, -0.2) is 54.3 Å². The fourth-order valence-electron chi connectivity index (χ4n) is 4.74. The molecule has 0 saturated carbocycles. The topological polar surface area (TPSA) is 116 Å². The van der Waals surface area contributed by atoms with E-state index in [0.717, 1.165) is 18.7 Å². The number of ether oxygens (including phenoxy) is 1. The van der Waals surface area contributed by atoms with E-state index in [4.69, 9.17) is 9.84 Å². The minimum absolute atomic E-state index is 0.0763. The first-order valence-corrected chi connectivity index (χ1v) is 11.1. The number of hydrogen-bond donors (Lipinski definition) is 3. The molecule has 0 amide bonds. The minimum Gasteiger partial charge on any atom is -0.481 e. The van der Waals surface area contributed by atoms with Crippen molar-refractivity contribution in [2.75, 3.05) is 31.1 Å². The average Bonchev–Trinajstić information content (AvgIpc) is 2.75. The van der Waals surface area contributed by atoms with Gasteiger partial charge in [0.2, 0.25) is 0 Å². The van der Waals surface area contributed by atoms with Gasteiger partial charge in [-0.3, -0.25) is 14.4 Å². The smallest absolute Gasteiger partial charge is 0.306 e. The molecule has 2 saturated heterocycles. The molecule has 2 fully saturated rings. The number of carbonyl (C=O) groups is 3. The summed E-state index contributed by atoms with van der Waals surface area (Å²) in [4.78, 5) is 37.2. The van der Waals surface area contributed by atoms with Crippen molar-refractivity contribution in [3.63, 3.8) is 0 Å². The molecule has 0 aromatic heterocycles. The maximum atomic E-state index is 12.4. The van der Waals surface area contributed by atoms with Crippen LogP contribution in [0.3, 0.4) is 0 Å². The maximum Gasteiger partial charge on any atom is 0.306 e. The number of esters is 1. The lowest BCUT2D eigenvalue weighted by Crippen LogP contribution is -2.45. The molecule has 8 heteroatoms. The van der Waals surface area contributed by atoms with Crippen LogP contribution in [0.5, 0.6) is 0 Å². The molecule has 0 spiro atoms. The summed E-state index contributed by atoms with van der Waals surface area (Å²) >= 11 is 0. The molecule has 2 heterocycles. The molecule has 0 aliphatic carbocycles. The zero-order valence-electron chi connectivity index (χ0n) is 17.8. The Morgan fingerprint density at radius 2 is 1.52 bits per heavy atom. The van der Waals surface area contributed by atoms with Gasteiger partial charge < -0.3 is 25.2 Å². The molecule has 0 unspecified atom stereocenters. The number of carbonyl (C=O) groups excluding carboxylic acids is 1. The van der Waals surface area contributed by atoms with E-state index in [-0.39, 0.29) is 43.6 Å². The first-order valence-electron chi connectivity index (χ1n) is 11.1. The number of rotatable bonds is 9. The van der Waals surface area contributed by atoms with Crippen LogP contribution >= 0.6 is 0 Å². The summed E-state index contributed by atoms with van der Waals surface area (Å²) in [5.41, 5.74) is 2.09. The number of carboxylic acids is 2. The van der Waals surface area contributed by atoms with Gasteiger partial charge in [-0.2, -0.15) is 0 Å². The van der Waals surface area contributed by atoms with Crippen LogP contribution < -0.4 is 10.2 Å². The Bertz CT molecular complexity index is 760. The van der Waals surface area contributed by atoms with Gasteiger partial charge in [0.15, 0.2) is 0 Å². The van der Waals surface area contributed by atoms with Crippen LogP contribution in [0.25, 0.3) is 0 Å². The monoisotopic (exact) mass is 432 g/mol. The molecule has 1 aromatic carbocycles. The standard InChI is InChI=1S/C23H32N2O6/c26-21(27)10-17-13-24-14-18(20(17)12-22(28)29)11-23(30)31-15-16-4-6-19(7-5-16)25-8-2-1-3-9-25/h4-7,17-18,20,24H,1-3,8-15H2,(H,26,27)(H,28,29)/t17-,18+,20+/m0/s1. The molecule has 2 aliphatic rings. The highest BCUT2D eigenvalue weighted by atomic mass is 16.5. The molecule has 1 aromatic rings. The van der Waals surface area contributed by atoms with Gasteiger partial charge in [-0.25, -0.2) is 0 Å². The fourth-order valence-corrected chi connectivity index (χ4v) is 4.74. The Labute approximate surface area is 182 Å². The van der Waals surface area contributed by atoms with Crippen molar-refractivity contribution in [1.29, 1.82) is 0 Å². The van der Waals surface area contributed by atoms with Crippen LogP contribution in [0.2, 0.25) is 0 Å². The van der Waals surface area contributed by atoms with Gasteiger partial charge in [0.05, 0.1) is 0 Å². The van der Waals surface area contributed by atoms with E-state index in [0.29, 0.717) is 13.1 Å². The summed E-state index contributed by atoms with van der Waals surface area (Å²) < 4.78 is 5.44. The van der Waals surface area contributed by atoms with Gasteiger partial charge >= 0.3 is 17.9 Å². The summed E-state index contributed by atoms with van der Waals surface area (Å²) in [5, 5.41) is 21.5. The van der Waals surface area contributed by atoms with Crippen molar-refractivity contribution in [2.45, 2.75) is 45.1 Å². The van der Waals surface area contributed by atoms with Crippen LogP contribution in [0, 0.1) is 17.8 Å². The normalized spacial score (nSPS) is 23.9. The number of carboxylic acid groups (broad SMARTS) is 2. The molecule has 3 rings (SSSR count). The fraction of sp³-hybridized carbons (Fsp3) is 0.609. The van der Waals surface area contributed by atoms with Crippen LogP contribution in [0.4, 0.5) is 5.69 Å². The van der Waals surface area contributed by atoms with Crippen LogP contribution in [0.1, 0.15) is 44.1 Å². The first-order chi connectivity index (χ1) is 14.9. The highest BCUT2D eigenvalue weighted by Crippen LogP contribution is 2.32. The highest BCUT2D eigenvalue weighted by Gasteiger charge is 2.37. The molecular formula is C23H32N2O6. The molecule has 2 aliphatic heterocycles. The largest absolute Gasteiger partial charge is 0.481 e. The van der Waals surface area contributed by atoms with Gasteiger partial charge in [-0.1, -0.05) is 12.1 Å². The Hall–Kier alpha value is -2.61. The quantitative estimate of drug-likeness (QED) is 0.510. The van der Waals surface area contributed by atoms with Crippen molar-refractivity contribution < 1.29 is 29.3 Å². The first kappa shape index (κ1) is 23.1. The summed E-state index contributed by atoms with van der Waals surface area (Å²) in [7, 11) is 0. The third-order valence-corrected chi connectivity index (χ3v) is 6.36. The molecule has 8 nitrogen and oxygen atoms in total. The van der Waals surface area contributed by atoms with Crippen molar-refractivity contribution >= 4 is 23.6 Å². The Kier molecular flexibility index (Phi) is 8.28. The Morgan fingerprint density at radius 3 is 2.13 bits per heavy atom. The summed E-state index contributed by atoms with van der Waals surface area (Å²) in [5.74, 6) is -3.27. The van der Waals surface area contributed by atoms with E-state index in [1.54, 1.807) is 0 Å². The third-order valence-electron chi connectivity index (χ3n) is 6.36. The van der Waals surface area contributed by atoms with E-state index in [2.05, 4.69) is 22.3 Å². The van der Waals surface area contributed by atoms with Gasteiger partial charge in [0, 0.05) is 38.0 Å². The summed E-state index contributed by atoms with van der Waals surface area (Å²) in [6, 6.07) is 8.04. The lowest BCUT2D eigenvalue weighted by Gasteiger charge is -2.37. The van der Waals surface area contributed by atoms with Gasteiger partial charge in [-0.05, 0) is 67.8 Å². The number of piperidine rings is 2. The van der Waals surface area contributed by atoms with Crippen LogP contribution in [-0.2, 0) is 25.7 Å². The van der Waals surface area contributed by atoms with Crippen molar-refractivity contribution in [1.82, 2.24) is 5.32 Å².